The van der Waals surface area contributed by atoms with Crippen LogP contribution in [0.15, 0.2) is 18.2 Å². The Labute approximate surface area is 105 Å². The van der Waals surface area contributed by atoms with Gasteiger partial charge in [-0.2, -0.15) is 17.0 Å². The molecule has 0 bridgehead atoms. The van der Waals surface area contributed by atoms with Gasteiger partial charge in [0.1, 0.15) is 5.82 Å². The lowest BCUT2D eigenvalue weighted by Gasteiger charge is -2.10. The van der Waals surface area contributed by atoms with Crippen molar-refractivity contribution in [2.45, 2.75) is 24.6 Å². The van der Waals surface area contributed by atoms with Gasteiger partial charge in [0.05, 0.1) is 11.6 Å². The minimum Gasteiger partial charge on any atom is -0.311 e. The third-order valence-electron chi connectivity index (χ3n) is 2.89. The van der Waals surface area contributed by atoms with Gasteiger partial charge in [0, 0.05) is 23.9 Å². The Morgan fingerprint density at radius 1 is 1.53 bits per heavy atom. The average Bonchev–Trinajstić information content (AvgIpc) is 2.84. The Kier molecular flexibility index (Phi) is 4.41. The standard InChI is InChI=1S/C13H15FN2S/c14-13-4-3-10(7-15)6-11(13)8-16-9-12-2-1-5-17-12/h3-4,6,12,16H,1-2,5,8-9H2. The van der Waals surface area contributed by atoms with E-state index in [2.05, 4.69) is 5.32 Å². The maximum absolute atomic E-state index is 13.5. The highest BCUT2D eigenvalue weighted by atomic mass is 32.2. The van der Waals surface area contributed by atoms with Crippen molar-refractivity contribution in [3.8, 4) is 6.07 Å². The quantitative estimate of drug-likeness (QED) is 0.892. The summed E-state index contributed by atoms with van der Waals surface area (Å²) in [5.41, 5.74) is 1.09. The molecule has 1 heterocycles. The molecule has 0 aliphatic carbocycles. The molecule has 0 saturated carbocycles. The number of hydrogen-bond donors (Lipinski definition) is 1. The van der Waals surface area contributed by atoms with Crippen molar-refractivity contribution in [2.24, 2.45) is 0 Å². The molecule has 2 nitrogen and oxygen atoms in total. The summed E-state index contributed by atoms with van der Waals surface area (Å²) in [6, 6.07) is 6.51. The molecule has 90 valence electrons. The number of benzene rings is 1. The second-order valence-corrected chi connectivity index (χ2v) is 5.59. The molecule has 1 aromatic carbocycles. The van der Waals surface area contributed by atoms with Crippen molar-refractivity contribution >= 4 is 11.8 Å². The topological polar surface area (TPSA) is 35.8 Å². The van der Waals surface area contributed by atoms with Gasteiger partial charge >= 0.3 is 0 Å². The number of hydrogen-bond acceptors (Lipinski definition) is 3. The maximum atomic E-state index is 13.5. The molecule has 1 unspecified atom stereocenters. The van der Waals surface area contributed by atoms with Crippen molar-refractivity contribution in [1.82, 2.24) is 5.32 Å². The number of thioether (sulfide) groups is 1. The minimum atomic E-state index is -0.240. The van der Waals surface area contributed by atoms with Crippen LogP contribution < -0.4 is 5.32 Å². The molecule has 1 N–H and O–H groups in total. The fourth-order valence-electron chi connectivity index (χ4n) is 1.95. The SMILES string of the molecule is N#Cc1ccc(F)c(CNCC2CCCS2)c1. The predicted octanol–water partition coefficient (Wildman–Crippen LogP) is 2.68. The second-order valence-electron chi connectivity index (χ2n) is 4.18. The van der Waals surface area contributed by atoms with E-state index >= 15 is 0 Å². The first-order valence-electron chi connectivity index (χ1n) is 5.80. The number of nitrogens with zero attached hydrogens (tertiary/aromatic N) is 1. The van der Waals surface area contributed by atoms with Crippen LogP contribution in [0.5, 0.6) is 0 Å². The van der Waals surface area contributed by atoms with E-state index < -0.39 is 0 Å². The van der Waals surface area contributed by atoms with Gasteiger partial charge in [0.2, 0.25) is 0 Å². The van der Waals surface area contributed by atoms with Gasteiger partial charge in [0.25, 0.3) is 0 Å². The number of halogens is 1. The van der Waals surface area contributed by atoms with E-state index in [1.165, 1.54) is 30.7 Å². The van der Waals surface area contributed by atoms with Gasteiger partial charge < -0.3 is 5.32 Å². The molecule has 2 rings (SSSR count). The van der Waals surface area contributed by atoms with Crippen molar-refractivity contribution in [2.75, 3.05) is 12.3 Å². The van der Waals surface area contributed by atoms with Gasteiger partial charge in [-0.15, -0.1) is 0 Å². The molecule has 4 heteroatoms. The third kappa shape index (κ3) is 3.45. The first kappa shape index (κ1) is 12.4. The van der Waals surface area contributed by atoms with Crippen LogP contribution in [0, 0.1) is 17.1 Å². The van der Waals surface area contributed by atoms with E-state index in [-0.39, 0.29) is 5.82 Å². The summed E-state index contributed by atoms with van der Waals surface area (Å²) in [6.45, 7) is 1.42. The van der Waals surface area contributed by atoms with Crippen molar-refractivity contribution in [3.63, 3.8) is 0 Å². The Balaban J connectivity index is 1.87. The van der Waals surface area contributed by atoms with Crippen LogP contribution >= 0.6 is 11.8 Å². The highest BCUT2D eigenvalue weighted by Crippen LogP contribution is 2.25. The zero-order valence-corrected chi connectivity index (χ0v) is 10.4. The van der Waals surface area contributed by atoms with Crippen molar-refractivity contribution in [1.29, 1.82) is 5.26 Å². The van der Waals surface area contributed by atoms with Crippen LogP contribution in [-0.4, -0.2) is 17.5 Å². The second kappa shape index (κ2) is 6.04. The van der Waals surface area contributed by atoms with E-state index in [4.69, 9.17) is 5.26 Å². The molecule has 1 aliphatic rings. The van der Waals surface area contributed by atoms with Crippen LogP contribution in [0.3, 0.4) is 0 Å². The van der Waals surface area contributed by atoms with E-state index in [0.29, 0.717) is 22.9 Å². The van der Waals surface area contributed by atoms with Crippen LogP contribution in [0.2, 0.25) is 0 Å². The maximum Gasteiger partial charge on any atom is 0.127 e. The van der Waals surface area contributed by atoms with Crippen LogP contribution in [0.4, 0.5) is 4.39 Å². The number of rotatable bonds is 4. The predicted molar refractivity (Wildman–Crippen MR) is 68.3 cm³/mol. The number of nitrogens with one attached hydrogen (secondary N) is 1. The third-order valence-corrected chi connectivity index (χ3v) is 4.28. The summed E-state index contributed by atoms with van der Waals surface area (Å²) in [4.78, 5) is 0. The molecule has 1 fully saturated rings. The Morgan fingerprint density at radius 3 is 3.12 bits per heavy atom. The largest absolute Gasteiger partial charge is 0.311 e. The summed E-state index contributed by atoms with van der Waals surface area (Å²) in [5.74, 6) is 1.00. The summed E-state index contributed by atoms with van der Waals surface area (Å²) in [6.07, 6.45) is 2.54. The fourth-order valence-corrected chi connectivity index (χ4v) is 3.19. The van der Waals surface area contributed by atoms with Crippen LogP contribution in [0.1, 0.15) is 24.0 Å². The Morgan fingerprint density at radius 2 is 2.41 bits per heavy atom. The molecule has 0 amide bonds. The highest BCUT2D eigenvalue weighted by molar-refractivity contribution is 8.00. The van der Waals surface area contributed by atoms with E-state index in [1.807, 2.05) is 17.8 Å². The average molecular weight is 250 g/mol. The van der Waals surface area contributed by atoms with Gasteiger partial charge in [-0.25, -0.2) is 4.39 Å². The summed E-state index contributed by atoms with van der Waals surface area (Å²) in [7, 11) is 0. The zero-order chi connectivity index (χ0) is 12.1. The smallest absolute Gasteiger partial charge is 0.127 e. The molecular formula is C13H15FN2S. The lowest BCUT2D eigenvalue weighted by Crippen LogP contribution is -2.23. The fraction of sp³-hybridized carbons (Fsp3) is 0.462. The highest BCUT2D eigenvalue weighted by Gasteiger charge is 2.14. The van der Waals surface area contributed by atoms with Crippen LogP contribution in [-0.2, 0) is 6.54 Å². The van der Waals surface area contributed by atoms with Gasteiger partial charge in [0.15, 0.2) is 0 Å². The molecule has 0 aromatic heterocycles. The molecule has 17 heavy (non-hydrogen) atoms. The molecule has 0 spiro atoms. The summed E-state index contributed by atoms with van der Waals surface area (Å²) >= 11 is 1.98. The lowest BCUT2D eigenvalue weighted by atomic mass is 10.1. The van der Waals surface area contributed by atoms with Crippen molar-refractivity contribution in [3.05, 3.63) is 35.1 Å². The first-order chi connectivity index (χ1) is 8.29. The van der Waals surface area contributed by atoms with E-state index in [9.17, 15) is 4.39 Å². The monoisotopic (exact) mass is 250 g/mol. The zero-order valence-electron chi connectivity index (χ0n) is 9.58. The molecule has 1 saturated heterocycles. The van der Waals surface area contributed by atoms with Gasteiger partial charge in [-0.3, -0.25) is 0 Å². The minimum absolute atomic E-state index is 0.240. The van der Waals surface area contributed by atoms with Crippen LogP contribution in [0.25, 0.3) is 0 Å². The lowest BCUT2D eigenvalue weighted by molar-refractivity contribution is 0.581. The first-order valence-corrected chi connectivity index (χ1v) is 6.85. The molecule has 1 aliphatic heterocycles. The summed E-state index contributed by atoms with van der Waals surface area (Å²) in [5, 5.41) is 12.7. The molecule has 0 radical (unpaired) electrons. The summed E-state index contributed by atoms with van der Waals surface area (Å²) < 4.78 is 13.5. The molecule has 1 aromatic rings. The van der Waals surface area contributed by atoms with E-state index in [1.54, 1.807) is 6.07 Å². The van der Waals surface area contributed by atoms with E-state index in [0.717, 1.165) is 6.54 Å². The van der Waals surface area contributed by atoms with Gasteiger partial charge in [-0.05, 0) is 36.8 Å². The van der Waals surface area contributed by atoms with Gasteiger partial charge in [-0.1, -0.05) is 0 Å². The molecular weight excluding hydrogens is 235 g/mol. The van der Waals surface area contributed by atoms with Crippen molar-refractivity contribution < 1.29 is 4.39 Å². The normalized spacial score (nSPS) is 19.2. The molecule has 1 atom stereocenters. The number of nitriles is 1. The Bertz CT molecular complexity index is 422. The Hall–Kier alpha value is -1.05.